The second kappa shape index (κ2) is 3.50. The van der Waals surface area contributed by atoms with E-state index in [4.69, 9.17) is 0 Å². The van der Waals surface area contributed by atoms with Gasteiger partial charge in [-0.05, 0) is 36.6 Å². The van der Waals surface area contributed by atoms with Crippen LogP contribution in [0.2, 0.25) is 0 Å². The molecule has 0 fully saturated rings. The molecule has 0 atom stereocenters. The lowest BCUT2D eigenvalue weighted by molar-refractivity contribution is 0.555. The minimum Gasteiger partial charge on any atom is -0.260 e. The van der Waals surface area contributed by atoms with Crippen molar-refractivity contribution in [2.45, 2.75) is 32.1 Å². The van der Waals surface area contributed by atoms with Crippen molar-refractivity contribution in [2.24, 2.45) is 4.99 Å². The van der Waals surface area contributed by atoms with Crippen LogP contribution >= 0.6 is 15.9 Å². The van der Waals surface area contributed by atoms with Crippen molar-refractivity contribution in [3.05, 3.63) is 28.2 Å². The van der Waals surface area contributed by atoms with E-state index in [0.29, 0.717) is 0 Å². The molecule has 0 aliphatic carbocycles. The van der Waals surface area contributed by atoms with Gasteiger partial charge in [-0.25, -0.2) is 0 Å². The minimum atomic E-state index is 0.180. The SMILES string of the molecule is CCC1(CC)C=Nc2ccc(Br)cc21. The maximum atomic E-state index is 4.49. The van der Waals surface area contributed by atoms with Gasteiger partial charge in [0.25, 0.3) is 0 Å². The smallest absolute Gasteiger partial charge is 0.0668 e. The number of benzene rings is 1. The molecule has 0 radical (unpaired) electrons. The van der Waals surface area contributed by atoms with E-state index in [-0.39, 0.29) is 5.41 Å². The molecule has 0 bridgehead atoms. The predicted molar refractivity (Wildman–Crippen MR) is 64.6 cm³/mol. The molecular weight excluding hydrogens is 238 g/mol. The zero-order chi connectivity index (χ0) is 10.2. The fourth-order valence-electron chi connectivity index (χ4n) is 2.10. The monoisotopic (exact) mass is 251 g/mol. The van der Waals surface area contributed by atoms with Crippen LogP contribution in [-0.2, 0) is 5.41 Å². The summed E-state index contributed by atoms with van der Waals surface area (Å²) in [6.07, 6.45) is 4.36. The highest BCUT2D eigenvalue weighted by atomic mass is 79.9. The van der Waals surface area contributed by atoms with Crippen LogP contribution in [0.3, 0.4) is 0 Å². The topological polar surface area (TPSA) is 12.4 Å². The van der Waals surface area contributed by atoms with Crippen molar-refractivity contribution in [1.82, 2.24) is 0 Å². The highest BCUT2D eigenvalue weighted by Gasteiger charge is 2.32. The lowest BCUT2D eigenvalue weighted by atomic mass is 9.78. The van der Waals surface area contributed by atoms with E-state index in [0.717, 1.165) is 23.0 Å². The first-order valence-corrected chi connectivity index (χ1v) is 5.86. The predicted octanol–water partition coefficient (Wildman–Crippen LogP) is 4.22. The summed E-state index contributed by atoms with van der Waals surface area (Å²) in [4.78, 5) is 4.49. The molecular formula is C12H14BrN. The molecule has 1 aromatic rings. The van der Waals surface area contributed by atoms with Gasteiger partial charge >= 0.3 is 0 Å². The maximum absolute atomic E-state index is 4.49. The number of hydrogen-bond donors (Lipinski definition) is 0. The van der Waals surface area contributed by atoms with Gasteiger partial charge in [0, 0.05) is 16.1 Å². The fraction of sp³-hybridized carbons (Fsp3) is 0.417. The third kappa shape index (κ3) is 1.33. The summed E-state index contributed by atoms with van der Waals surface area (Å²) in [6, 6.07) is 6.34. The Morgan fingerprint density at radius 1 is 1.29 bits per heavy atom. The van der Waals surface area contributed by atoms with Crippen molar-refractivity contribution in [1.29, 1.82) is 0 Å². The van der Waals surface area contributed by atoms with E-state index in [2.05, 4.69) is 59.2 Å². The van der Waals surface area contributed by atoms with Gasteiger partial charge in [0.2, 0.25) is 0 Å². The minimum absolute atomic E-state index is 0.180. The van der Waals surface area contributed by atoms with Crippen LogP contribution in [0.1, 0.15) is 32.3 Å². The molecule has 0 N–H and O–H groups in total. The molecule has 1 aliphatic rings. The summed E-state index contributed by atoms with van der Waals surface area (Å²) in [5.74, 6) is 0. The van der Waals surface area contributed by atoms with Crippen molar-refractivity contribution in [3.63, 3.8) is 0 Å². The Bertz CT molecular complexity index is 378. The van der Waals surface area contributed by atoms with Gasteiger partial charge in [0.05, 0.1) is 5.69 Å². The van der Waals surface area contributed by atoms with Crippen LogP contribution in [0.25, 0.3) is 0 Å². The molecule has 1 aromatic carbocycles. The van der Waals surface area contributed by atoms with E-state index in [1.165, 1.54) is 5.56 Å². The first-order chi connectivity index (χ1) is 6.72. The Hall–Kier alpha value is -0.630. The third-order valence-corrected chi connectivity index (χ3v) is 3.70. The Morgan fingerprint density at radius 3 is 2.64 bits per heavy atom. The zero-order valence-electron chi connectivity index (χ0n) is 8.55. The Kier molecular flexibility index (Phi) is 2.48. The number of fused-ring (bicyclic) bond motifs is 1. The molecule has 0 saturated heterocycles. The number of rotatable bonds is 2. The summed E-state index contributed by atoms with van der Waals surface area (Å²) in [6.45, 7) is 4.46. The molecule has 1 aliphatic heterocycles. The standard InChI is InChI=1S/C12H14BrN/c1-3-12(4-2)8-14-11-6-5-9(13)7-10(11)12/h5-8H,3-4H2,1-2H3. The first-order valence-electron chi connectivity index (χ1n) is 5.07. The van der Waals surface area contributed by atoms with Gasteiger partial charge in [0.1, 0.15) is 0 Å². The molecule has 1 nitrogen and oxygen atoms in total. The Labute approximate surface area is 93.4 Å². The average molecular weight is 252 g/mol. The summed E-state index contributed by atoms with van der Waals surface area (Å²) in [7, 11) is 0. The zero-order valence-corrected chi connectivity index (χ0v) is 10.1. The fourth-order valence-corrected chi connectivity index (χ4v) is 2.46. The normalized spacial score (nSPS) is 17.1. The molecule has 0 aromatic heterocycles. The van der Waals surface area contributed by atoms with E-state index in [9.17, 15) is 0 Å². The molecule has 2 rings (SSSR count). The molecule has 0 unspecified atom stereocenters. The Morgan fingerprint density at radius 2 is 2.00 bits per heavy atom. The highest BCUT2D eigenvalue weighted by Crippen LogP contribution is 2.42. The number of aliphatic imine (C=N–C) groups is 1. The summed E-state index contributed by atoms with van der Waals surface area (Å²) in [5.41, 5.74) is 2.69. The van der Waals surface area contributed by atoms with E-state index in [1.807, 2.05) is 0 Å². The van der Waals surface area contributed by atoms with Crippen LogP contribution in [-0.4, -0.2) is 6.21 Å². The highest BCUT2D eigenvalue weighted by molar-refractivity contribution is 9.10. The maximum Gasteiger partial charge on any atom is 0.0668 e. The van der Waals surface area contributed by atoms with Crippen molar-refractivity contribution in [2.75, 3.05) is 0 Å². The summed E-state index contributed by atoms with van der Waals surface area (Å²) >= 11 is 3.52. The lowest BCUT2D eigenvalue weighted by Crippen LogP contribution is -2.23. The van der Waals surface area contributed by atoms with Crippen LogP contribution in [0.15, 0.2) is 27.7 Å². The van der Waals surface area contributed by atoms with E-state index < -0.39 is 0 Å². The van der Waals surface area contributed by atoms with Crippen LogP contribution < -0.4 is 0 Å². The molecule has 14 heavy (non-hydrogen) atoms. The van der Waals surface area contributed by atoms with Gasteiger partial charge in [-0.15, -0.1) is 0 Å². The van der Waals surface area contributed by atoms with Gasteiger partial charge in [-0.2, -0.15) is 0 Å². The van der Waals surface area contributed by atoms with Gasteiger partial charge in [0.15, 0.2) is 0 Å². The third-order valence-electron chi connectivity index (χ3n) is 3.21. The Balaban J connectivity index is 2.56. The quantitative estimate of drug-likeness (QED) is 0.747. The average Bonchev–Trinajstić information content (AvgIpc) is 2.57. The second-order valence-corrected chi connectivity index (χ2v) is 4.70. The van der Waals surface area contributed by atoms with Crippen LogP contribution in [0, 0.1) is 0 Å². The molecule has 0 spiro atoms. The van der Waals surface area contributed by atoms with Crippen molar-refractivity contribution >= 4 is 27.8 Å². The number of halogens is 1. The van der Waals surface area contributed by atoms with E-state index >= 15 is 0 Å². The number of hydrogen-bond acceptors (Lipinski definition) is 1. The van der Waals surface area contributed by atoms with Gasteiger partial charge in [-0.1, -0.05) is 29.8 Å². The van der Waals surface area contributed by atoms with E-state index in [1.54, 1.807) is 0 Å². The number of nitrogens with zero attached hydrogens (tertiary/aromatic N) is 1. The van der Waals surface area contributed by atoms with Crippen LogP contribution in [0.5, 0.6) is 0 Å². The molecule has 0 saturated carbocycles. The molecule has 0 amide bonds. The van der Waals surface area contributed by atoms with Gasteiger partial charge in [-0.3, -0.25) is 4.99 Å². The van der Waals surface area contributed by atoms with Crippen LogP contribution in [0.4, 0.5) is 5.69 Å². The lowest BCUT2D eigenvalue weighted by Gasteiger charge is -2.24. The summed E-state index contributed by atoms with van der Waals surface area (Å²) in [5, 5.41) is 0. The largest absolute Gasteiger partial charge is 0.260 e. The first kappa shape index (κ1) is 9.91. The second-order valence-electron chi connectivity index (χ2n) is 3.78. The van der Waals surface area contributed by atoms with Gasteiger partial charge < -0.3 is 0 Å². The summed E-state index contributed by atoms with van der Waals surface area (Å²) < 4.78 is 1.15. The van der Waals surface area contributed by atoms with Crippen molar-refractivity contribution in [3.8, 4) is 0 Å². The van der Waals surface area contributed by atoms with Crippen molar-refractivity contribution < 1.29 is 0 Å². The molecule has 74 valence electrons. The molecule has 2 heteroatoms. The molecule has 1 heterocycles.